The second kappa shape index (κ2) is 8.28. The number of benzene rings is 3. The summed E-state index contributed by atoms with van der Waals surface area (Å²) in [6.07, 6.45) is 0. The molecule has 0 heterocycles. The molecule has 0 fully saturated rings. The third-order valence-corrected chi connectivity index (χ3v) is 5.58. The molecular weight excluding hydrogens is 604 g/mol. The van der Waals surface area contributed by atoms with Crippen LogP contribution in [-0.4, -0.2) is 0 Å². The summed E-state index contributed by atoms with van der Waals surface area (Å²) in [4.78, 5) is 0. The molecule has 0 bridgehead atoms. The fourth-order valence-electron chi connectivity index (χ4n) is 2.72. The van der Waals surface area contributed by atoms with Crippen molar-refractivity contribution in [1.29, 1.82) is 0 Å². The molecule has 0 aliphatic heterocycles. The second-order valence-corrected chi connectivity index (χ2v) is 7.48. The highest BCUT2D eigenvalue weighted by molar-refractivity contribution is 9.10. The second-order valence-electron chi connectivity index (χ2n) is 5.90. The molecular formula is C18Br2F12. The molecule has 0 spiro atoms. The molecule has 0 amide bonds. The zero-order chi connectivity index (χ0) is 24.4. The van der Waals surface area contributed by atoms with Gasteiger partial charge in [-0.25, -0.2) is 52.7 Å². The summed E-state index contributed by atoms with van der Waals surface area (Å²) in [5, 5.41) is 0. The van der Waals surface area contributed by atoms with Crippen LogP contribution < -0.4 is 0 Å². The van der Waals surface area contributed by atoms with Crippen molar-refractivity contribution in [3.05, 3.63) is 78.8 Å². The van der Waals surface area contributed by atoms with E-state index in [9.17, 15) is 52.7 Å². The van der Waals surface area contributed by atoms with Crippen LogP contribution in [0.5, 0.6) is 0 Å². The summed E-state index contributed by atoms with van der Waals surface area (Å²) in [6, 6.07) is 0. The molecule has 170 valence electrons. The normalized spacial score (nSPS) is 11.4. The van der Waals surface area contributed by atoms with Crippen molar-refractivity contribution in [2.24, 2.45) is 0 Å². The van der Waals surface area contributed by atoms with Gasteiger partial charge >= 0.3 is 0 Å². The van der Waals surface area contributed by atoms with E-state index in [1.165, 1.54) is 0 Å². The van der Waals surface area contributed by atoms with E-state index < -0.39 is 101 Å². The summed E-state index contributed by atoms with van der Waals surface area (Å²) in [5.41, 5.74) is -9.14. The summed E-state index contributed by atoms with van der Waals surface area (Å²) in [5.74, 6) is -30.0. The van der Waals surface area contributed by atoms with E-state index in [0.29, 0.717) is 0 Å². The first-order chi connectivity index (χ1) is 14.7. The van der Waals surface area contributed by atoms with Crippen LogP contribution in [0.1, 0.15) is 0 Å². The van der Waals surface area contributed by atoms with Crippen LogP contribution in [-0.2, 0) is 0 Å². The molecule has 0 N–H and O–H groups in total. The lowest BCUT2D eigenvalue weighted by Gasteiger charge is -2.16. The molecule has 0 aromatic heterocycles. The first-order valence-electron chi connectivity index (χ1n) is 7.65. The van der Waals surface area contributed by atoms with Gasteiger partial charge < -0.3 is 0 Å². The number of hydrogen-bond acceptors (Lipinski definition) is 0. The molecule has 0 saturated heterocycles. The van der Waals surface area contributed by atoms with Crippen LogP contribution in [0.4, 0.5) is 52.7 Å². The molecule has 3 aromatic rings. The minimum Gasteiger partial charge on any atom is -0.203 e. The SMILES string of the molecule is Fc1c(F)c(-c2c(F)c(F)c(-c3c(F)c(F)c(Br)c(F)c3F)c(F)c2F)c(F)c(F)c1Br. The van der Waals surface area contributed by atoms with E-state index in [1.54, 1.807) is 0 Å². The number of halogens is 14. The van der Waals surface area contributed by atoms with Crippen LogP contribution in [0.3, 0.4) is 0 Å². The van der Waals surface area contributed by atoms with Crippen molar-refractivity contribution < 1.29 is 52.7 Å². The standard InChI is InChI=1S/C18Br2F12/c19-5-15(29)11(25)3(12(26)16(5)30)1-7(21)9(23)2(10(24)8(1)22)4-13(27)17(31)6(20)18(32)14(4)28. The van der Waals surface area contributed by atoms with Gasteiger partial charge in [-0.05, 0) is 31.9 Å². The zero-order valence-corrected chi connectivity index (χ0v) is 17.5. The van der Waals surface area contributed by atoms with Crippen molar-refractivity contribution in [2.45, 2.75) is 0 Å². The molecule has 32 heavy (non-hydrogen) atoms. The minimum absolute atomic E-state index is 1.46. The lowest BCUT2D eigenvalue weighted by molar-refractivity contribution is 0.433. The molecule has 3 rings (SSSR count). The van der Waals surface area contributed by atoms with E-state index in [0.717, 1.165) is 0 Å². The average molecular weight is 604 g/mol. The summed E-state index contributed by atoms with van der Waals surface area (Å²) < 4.78 is 166. The van der Waals surface area contributed by atoms with Gasteiger partial charge in [0.2, 0.25) is 0 Å². The van der Waals surface area contributed by atoms with Gasteiger partial charge in [0.25, 0.3) is 0 Å². The largest absolute Gasteiger partial charge is 0.203 e. The molecule has 3 aromatic carbocycles. The molecule has 0 saturated carbocycles. The zero-order valence-electron chi connectivity index (χ0n) is 14.3. The molecule has 14 heteroatoms. The van der Waals surface area contributed by atoms with Gasteiger partial charge in [0.1, 0.15) is 0 Å². The fourth-order valence-corrected chi connectivity index (χ4v) is 3.42. The minimum atomic E-state index is -2.78. The molecule has 0 nitrogen and oxygen atoms in total. The quantitative estimate of drug-likeness (QED) is 0.157. The Morgan fingerprint density at radius 1 is 0.250 bits per heavy atom. The smallest absolute Gasteiger partial charge is 0.176 e. The van der Waals surface area contributed by atoms with E-state index in [4.69, 9.17) is 0 Å². The maximum absolute atomic E-state index is 14.5. The number of hydrogen-bond donors (Lipinski definition) is 0. The average Bonchev–Trinajstić information content (AvgIpc) is 2.76. The topological polar surface area (TPSA) is 0 Å². The molecule has 0 unspecified atom stereocenters. The maximum Gasteiger partial charge on any atom is 0.176 e. The van der Waals surface area contributed by atoms with Gasteiger partial charge in [-0.1, -0.05) is 0 Å². The van der Waals surface area contributed by atoms with Crippen molar-refractivity contribution in [3.63, 3.8) is 0 Å². The highest BCUT2D eigenvalue weighted by Crippen LogP contribution is 2.43. The van der Waals surface area contributed by atoms with Crippen molar-refractivity contribution in [1.82, 2.24) is 0 Å². The van der Waals surface area contributed by atoms with Gasteiger partial charge in [0.05, 0.1) is 31.2 Å². The van der Waals surface area contributed by atoms with E-state index >= 15 is 0 Å². The van der Waals surface area contributed by atoms with Crippen LogP contribution in [0.25, 0.3) is 22.3 Å². The summed E-state index contributed by atoms with van der Waals surface area (Å²) in [7, 11) is 0. The lowest BCUT2D eigenvalue weighted by atomic mass is 9.95. The van der Waals surface area contributed by atoms with Crippen LogP contribution in [0, 0.1) is 69.8 Å². The third-order valence-electron chi connectivity index (χ3n) is 4.18. The Balaban J connectivity index is 2.50. The Bertz CT molecular complexity index is 1130. The van der Waals surface area contributed by atoms with Gasteiger partial charge in [0, 0.05) is 0 Å². The highest BCUT2D eigenvalue weighted by atomic mass is 79.9. The van der Waals surface area contributed by atoms with Crippen molar-refractivity contribution in [3.8, 4) is 22.3 Å². The molecule has 0 aliphatic carbocycles. The van der Waals surface area contributed by atoms with E-state index in [1.807, 2.05) is 0 Å². The van der Waals surface area contributed by atoms with Gasteiger partial charge in [0.15, 0.2) is 69.8 Å². The Labute approximate surface area is 185 Å². The Hall–Kier alpha value is -2.22. The van der Waals surface area contributed by atoms with E-state index in [2.05, 4.69) is 31.9 Å². The predicted molar refractivity (Wildman–Crippen MR) is 92.2 cm³/mol. The first-order valence-corrected chi connectivity index (χ1v) is 9.23. The Morgan fingerprint density at radius 3 is 0.531 bits per heavy atom. The third kappa shape index (κ3) is 3.29. The van der Waals surface area contributed by atoms with Gasteiger partial charge in [-0.15, -0.1) is 0 Å². The Kier molecular flexibility index (Phi) is 6.32. The predicted octanol–water partition coefficient (Wildman–Crippen LogP) is 8.21. The lowest BCUT2D eigenvalue weighted by Crippen LogP contribution is -2.11. The first kappa shape index (κ1) is 24.4. The number of rotatable bonds is 2. The molecule has 0 aliphatic rings. The van der Waals surface area contributed by atoms with Crippen LogP contribution in [0.15, 0.2) is 8.95 Å². The van der Waals surface area contributed by atoms with Crippen molar-refractivity contribution in [2.75, 3.05) is 0 Å². The maximum atomic E-state index is 14.5. The Morgan fingerprint density at radius 2 is 0.375 bits per heavy atom. The van der Waals surface area contributed by atoms with E-state index in [-0.39, 0.29) is 0 Å². The monoisotopic (exact) mass is 602 g/mol. The highest BCUT2D eigenvalue weighted by Gasteiger charge is 2.37. The van der Waals surface area contributed by atoms with Gasteiger partial charge in [-0.2, -0.15) is 0 Å². The summed E-state index contributed by atoms with van der Waals surface area (Å²) in [6.45, 7) is 0. The van der Waals surface area contributed by atoms with Crippen molar-refractivity contribution >= 4 is 31.9 Å². The van der Waals surface area contributed by atoms with Gasteiger partial charge in [-0.3, -0.25) is 0 Å². The molecule has 0 radical (unpaired) electrons. The fraction of sp³-hybridized carbons (Fsp3) is 0. The van der Waals surface area contributed by atoms with Crippen LogP contribution in [0.2, 0.25) is 0 Å². The summed E-state index contributed by atoms with van der Waals surface area (Å²) >= 11 is 4.21. The molecule has 0 atom stereocenters. The van der Waals surface area contributed by atoms with Crippen LogP contribution >= 0.6 is 31.9 Å².